The maximum Gasteiger partial charge on any atom is 0.274 e. The number of hydrogen-bond acceptors (Lipinski definition) is 3. The zero-order valence-electron chi connectivity index (χ0n) is 10.1. The fourth-order valence-electron chi connectivity index (χ4n) is 1.84. The average molecular weight is 336 g/mol. The number of fused-ring (bicyclic) bond motifs is 1. The maximum atomic E-state index is 12.1. The summed E-state index contributed by atoms with van der Waals surface area (Å²) in [6.45, 7) is 0. The largest absolute Gasteiger partial charge is 0.345 e. The minimum absolute atomic E-state index is 0.160. The Morgan fingerprint density at radius 1 is 1.42 bits per heavy atom. The van der Waals surface area contributed by atoms with Crippen molar-refractivity contribution < 1.29 is 4.79 Å². The van der Waals surface area contributed by atoms with Gasteiger partial charge in [-0.1, -0.05) is 23.5 Å². The number of aromatic nitrogens is 2. The number of anilines is 1. The summed E-state index contributed by atoms with van der Waals surface area (Å²) in [5, 5.41) is 3.44. The first kappa shape index (κ1) is 12.4. The molecule has 0 aliphatic rings. The number of nitrogens with one attached hydrogen (secondary N) is 1. The van der Waals surface area contributed by atoms with Crippen molar-refractivity contribution in [1.29, 1.82) is 0 Å². The molecule has 19 heavy (non-hydrogen) atoms. The number of aryl methyl sites for hydroxylation is 1. The molecule has 6 heteroatoms. The van der Waals surface area contributed by atoms with Gasteiger partial charge in [-0.25, -0.2) is 4.98 Å². The summed E-state index contributed by atoms with van der Waals surface area (Å²) in [4.78, 5) is 16.5. The molecule has 0 fully saturated rings. The van der Waals surface area contributed by atoms with Gasteiger partial charge in [-0.2, -0.15) is 0 Å². The number of carbonyl (C=O) groups is 1. The van der Waals surface area contributed by atoms with Gasteiger partial charge in [0, 0.05) is 17.7 Å². The number of nitrogens with zero attached hydrogens (tertiary/aromatic N) is 2. The number of hydrogen-bond donors (Lipinski definition) is 1. The van der Waals surface area contributed by atoms with Crippen molar-refractivity contribution >= 4 is 48.5 Å². The average Bonchev–Trinajstić information content (AvgIpc) is 2.91. The molecule has 0 aliphatic carbocycles. The molecule has 0 spiro atoms. The van der Waals surface area contributed by atoms with Crippen LogP contribution in [0, 0.1) is 0 Å². The predicted octanol–water partition coefficient (Wildman–Crippen LogP) is 3.65. The van der Waals surface area contributed by atoms with Gasteiger partial charge in [0.2, 0.25) is 0 Å². The molecule has 2 heterocycles. The van der Waals surface area contributed by atoms with E-state index >= 15 is 0 Å². The van der Waals surface area contributed by atoms with Crippen molar-refractivity contribution in [2.24, 2.45) is 7.05 Å². The Balaban J connectivity index is 1.88. The van der Waals surface area contributed by atoms with E-state index in [4.69, 9.17) is 0 Å². The number of benzene rings is 1. The second-order valence-corrected chi connectivity index (χ2v) is 6.04. The lowest BCUT2D eigenvalue weighted by molar-refractivity contribution is 0.101. The molecule has 0 bridgehead atoms. The summed E-state index contributed by atoms with van der Waals surface area (Å²) in [7, 11) is 1.83. The third kappa shape index (κ3) is 2.41. The van der Waals surface area contributed by atoms with Gasteiger partial charge >= 0.3 is 0 Å². The highest BCUT2D eigenvalue weighted by Crippen LogP contribution is 2.26. The first-order chi connectivity index (χ1) is 9.13. The van der Waals surface area contributed by atoms with E-state index < -0.39 is 0 Å². The fraction of sp³-hybridized carbons (Fsp3) is 0.0769. The van der Waals surface area contributed by atoms with Crippen LogP contribution in [-0.2, 0) is 7.05 Å². The van der Waals surface area contributed by atoms with Gasteiger partial charge in [0.15, 0.2) is 5.13 Å². The van der Waals surface area contributed by atoms with E-state index in [1.807, 2.05) is 37.5 Å². The van der Waals surface area contributed by atoms with Crippen molar-refractivity contribution in [3.63, 3.8) is 0 Å². The van der Waals surface area contributed by atoms with Gasteiger partial charge in [0.1, 0.15) is 5.69 Å². The highest BCUT2D eigenvalue weighted by molar-refractivity contribution is 9.10. The van der Waals surface area contributed by atoms with Gasteiger partial charge in [0.25, 0.3) is 5.91 Å². The minimum Gasteiger partial charge on any atom is -0.345 e. The lowest BCUT2D eigenvalue weighted by atomic mass is 10.3. The quantitative estimate of drug-likeness (QED) is 0.776. The van der Waals surface area contributed by atoms with Crippen LogP contribution in [0.15, 0.2) is 41.0 Å². The number of para-hydroxylation sites is 1. The van der Waals surface area contributed by atoms with Crippen LogP contribution in [0.2, 0.25) is 0 Å². The van der Waals surface area contributed by atoms with Crippen molar-refractivity contribution in [3.8, 4) is 0 Å². The Morgan fingerprint density at radius 3 is 2.89 bits per heavy atom. The molecule has 0 unspecified atom stereocenters. The summed E-state index contributed by atoms with van der Waals surface area (Å²) in [5.41, 5.74) is 1.49. The summed E-state index contributed by atoms with van der Waals surface area (Å²) < 4.78 is 3.71. The fourth-order valence-corrected chi connectivity index (χ4v) is 3.22. The molecule has 2 aromatic heterocycles. The number of halogens is 1. The minimum atomic E-state index is -0.160. The first-order valence-electron chi connectivity index (χ1n) is 5.62. The summed E-state index contributed by atoms with van der Waals surface area (Å²) in [6.07, 6.45) is 1.84. The number of rotatable bonds is 2. The van der Waals surface area contributed by atoms with Gasteiger partial charge in [-0.3, -0.25) is 10.1 Å². The van der Waals surface area contributed by atoms with Crippen LogP contribution < -0.4 is 5.32 Å². The van der Waals surface area contributed by atoms with E-state index in [1.54, 1.807) is 10.6 Å². The molecular formula is C13H10BrN3OS. The first-order valence-corrected chi connectivity index (χ1v) is 7.23. The van der Waals surface area contributed by atoms with Crippen molar-refractivity contribution in [2.75, 3.05) is 5.32 Å². The number of thiazole rings is 1. The summed E-state index contributed by atoms with van der Waals surface area (Å²) in [5.74, 6) is -0.160. The Labute approximate surface area is 122 Å². The molecule has 1 amide bonds. The van der Waals surface area contributed by atoms with Crippen LogP contribution in [0.5, 0.6) is 0 Å². The van der Waals surface area contributed by atoms with Crippen LogP contribution in [-0.4, -0.2) is 15.5 Å². The highest BCUT2D eigenvalue weighted by Gasteiger charge is 2.13. The lowest BCUT2D eigenvalue weighted by Gasteiger charge is -2.02. The van der Waals surface area contributed by atoms with Gasteiger partial charge in [-0.05, 0) is 34.1 Å². The molecule has 0 saturated carbocycles. The van der Waals surface area contributed by atoms with Crippen molar-refractivity contribution in [2.45, 2.75) is 0 Å². The lowest BCUT2D eigenvalue weighted by Crippen LogP contribution is -2.15. The smallest absolute Gasteiger partial charge is 0.274 e. The molecule has 4 nitrogen and oxygen atoms in total. The van der Waals surface area contributed by atoms with Gasteiger partial charge in [-0.15, -0.1) is 0 Å². The normalized spacial score (nSPS) is 10.8. The molecule has 0 aliphatic heterocycles. The third-order valence-corrected chi connectivity index (χ3v) is 4.10. The van der Waals surface area contributed by atoms with Crippen molar-refractivity contribution in [1.82, 2.24) is 9.55 Å². The predicted molar refractivity (Wildman–Crippen MR) is 80.7 cm³/mol. The Morgan fingerprint density at radius 2 is 2.21 bits per heavy atom. The number of carbonyl (C=O) groups excluding carboxylic acids is 1. The van der Waals surface area contributed by atoms with Gasteiger partial charge < -0.3 is 4.57 Å². The highest BCUT2D eigenvalue weighted by atomic mass is 79.9. The van der Waals surface area contributed by atoms with Crippen LogP contribution in [0.3, 0.4) is 0 Å². The second kappa shape index (κ2) is 4.79. The zero-order valence-corrected chi connectivity index (χ0v) is 12.5. The molecule has 3 rings (SSSR count). The van der Waals surface area contributed by atoms with Crippen LogP contribution in [0.4, 0.5) is 5.13 Å². The summed E-state index contributed by atoms with van der Waals surface area (Å²) >= 11 is 4.82. The second-order valence-electron chi connectivity index (χ2n) is 4.10. The molecular weight excluding hydrogens is 326 g/mol. The Bertz CT molecular complexity index is 729. The molecule has 96 valence electrons. The number of amides is 1. The molecule has 0 radical (unpaired) electrons. The molecule has 0 atom stereocenters. The molecule has 0 saturated heterocycles. The molecule has 1 aromatic carbocycles. The van der Waals surface area contributed by atoms with Crippen LogP contribution >= 0.6 is 27.3 Å². The standard InChI is InChI=1S/C13H10BrN3OS/c1-17-7-8(14)6-10(17)12(18)16-13-15-9-4-2-3-5-11(9)19-13/h2-7H,1H3,(H,15,16,18). The summed E-state index contributed by atoms with van der Waals surface area (Å²) in [6, 6.07) is 9.59. The van der Waals surface area contributed by atoms with E-state index in [1.165, 1.54) is 11.3 Å². The monoisotopic (exact) mass is 335 g/mol. The zero-order chi connectivity index (χ0) is 13.4. The van der Waals surface area contributed by atoms with Crippen LogP contribution in [0.1, 0.15) is 10.5 Å². The molecule has 3 aromatic rings. The van der Waals surface area contributed by atoms with E-state index in [0.29, 0.717) is 10.8 Å². The van der Waals surface area contributed by atoms with E-state index in [9.17, 15) is 4.79 Å². The maximum absolute atomic E-state index is 12.1. The molecule has 1 N–H and O–H groups in total. The Hall–Kier alpha value is -1.66. The topological polar surface area (TPSA) is 46.9 Å². The van der Waals surface area contributed by atoms with Crippen LogP contribution in [0.25, 0.3) is 10.2 Å². The Kier molecular flexibility index (Phi) is 3.12. The third-order valence-electron chi connectivity index (χ3n) is 2.72. The van der Waals surface area contributed by atoms with E-state index in [2.05, 4.69) is 26.2 Å². The van der Waals surface area contributed by atoms with E-state index in [0.717, 1.165) is 14.7 Å². The SMILES string of the molecule is Cn1cc(Br)cc1C(=O)Nc1nc2ccccc2s1. The van der Waals surface area contributed by atoms with E-state index in [-0.39, 0.29) is 5.91 Å². The van der Waals surface area contributed by atoms with Crippen molar-refractivity contribution in [3.05, 3.63) is 46.7 Å². The van der Waals surface area contributed by atoms with Gasteiger partial charge in [0.05, 0.1) is 10.2 Å².